The fourth-order valence-corrected chi connectivity index (χ4v) is 1.27. The smallest absolute Gasteiger partial charge is 0.267 e. The van der Waals surface area contributed by atoms with E-state index in [1.807, 2.05) is 0 Å². The van der Waals surface area contributed by atoms with Gasteiger partial charge in [0.25, 0.3) is 5.91 Å². The van der Waals surface area contributed by atoms with Crippen molar-refractivity contribution in [2.24, 2.45) is 5.73 Å². The molecule has 0 atom stereocenters. The summed E-state index contributed by atoms with van der Waals surface area (Å²) in [7, 11) is 0. The lowest BCUT2D eigenvalue weighted by molar-refractivity contribution is -0.112. The SMILES string of the molecule is Cc1nccc(C(=N)C(N)=O)c1NCC=O. The molecule has 0 aromatic carbocycles. The molecular weight excluding hydrogens is 208 g/mol. The van der Waals surface area contributed by atoms with Crippen molar-refractivity contribution in [3.05, 3.63) is 23.5 Å². The van der Waals surface area contributed by atoms with Crippen molar-refractivity contribution in [2.45, 2.75) is 6.92 Å². The number of carbonyl (C=O) groups excluding carboxylic acids is 2. The van der Waals surface area contributed by atoms with E-state index in [2.05, 4.69) is 10.3 Å². The molecule has 1 heterocycles. The fraction of sp³-hybridized carbons (Fsp3) is 0.200. The molecule has 0 spiro atoms. The zero-order valence-electron chi connectivity index (χ0n) is 8.78. The van der Waals surface area contributed by atoms with Crippen LogP contribution in [0.15, 0.2) is 12.3 Å². The lowest BCUT2D eigenvalue weighted by atomic mass is 10.1. The van der Waals surface area contributed by atoms with Gasteiger partial charge in [-0.25, -0.2) is 0 Å². The van der Waals surface area contributed by atoms with Crippen molar-refractivity contribution in [1.29, 1.82) is 5.41 Å². The molecule has 0 unspecified atom stereocenters. The van der Waals surface area contributed by atoms with Crippen LogP contribution in [0.4, 0.5) is 5.69 Å². The van der Waals surface area contributed by atoms with Gasteiger partial charge >= 0.3 is 0 Å². The van der Waals surface area contributed by atoms with Gasteiger partial charge in [-0.3, -0.25) is 15.2 Å². The Balaban J connectivity index is 3.16. The Hall–Kier alpha value is -2.24. The monoisotopic (exact) mass is 220 g/mol. The van der Waals surface area contributed by atoms with E-state index in [4.69, 9.17) is 11.1 Å². The zero-order chi connectivity index (χ0) is 12.1. The first-order valence-corrected chi connectivity index (χ1v) is 4.59. The van der Waals surface area contributed by atoms with Gasteiger partial charge in [0.1, 0.15) is 12.0 Å². The van der Waals surface area contributed by atoms with Crippen LogP contribution in [0.3, 0.4) is 0 Å². The van der Waals surface area contributed by atoms with Crippen LogP contribution in [-0.4, -0.2) is 29.4 Å². The number of pyridine rings is 1. The fourth-order valence-electron chi connectivity index (χ4n) is 1.27. The van der Waals surface area contributed by atoms with E-state index in [1.54, 1.807) is 6.92 Å². The summed E-state index contributed by atoms with van der Waals surface area (Å²) in [5.41, 5.74) is 6.16. The molecule has 16 heavy (non-hydrogen) atoms. The molecule has 84 valence electrons. The number of hydrogen-bond donors (Lipinski definition) is 3. The molecule has 1 amide bonds. The molecule has 6 nitrogen and oxygen atoms in total. The largest absolute Gasteiger partial charge is 0.376 e. The van der Waals surface area contributed by atoms with Crippen LogP contribution < -0.4 is 11.1 Å². The number of aryl methyl sites for hydroxylation is 1. The Morgan fingerprint density at radius 1 is 1.69 bits per heavy atom. The molecule has 0 fully saturated rings. The molecule has 1 rings (SSSR count). The molecular formula is C10H12N4O2. The quantitative estimate of drug-likeness (QED) is 0.473. The molecule has 0 radical (unpaired) electrons. The minimum Gasteiger partial charge on any atom is -0.376 e. The van der Waals surface area contributed by atoms with Crippen LogP contribution in [0, 0.1) is 12.3 Å². The summed E-state index contributed by atoms with van der Waals surface area (Å²) >= 11 is 0. The molecule has 0 saturated carbocycles. The first-order chi connectivity index (χ1) is 7.57. The Morgan fingerprint density at radius 3 is 2.94 bits per heavy atom. The van der Waals surface area contributed by atoms with Gasteiger partial charge in [0.2, 0.25) is 0 Å². The summed E-state index contributed by atoms with van der Waals surface area (Å²) in [6.45, 7) is 1.80. The summed E-state index contributed by atoms with van der Waals surface area (Å²) in [4.78, 5) is 25.2. The molecule has 1 aromatic heterocycles. The van der Waals surface area contributed by atoms with E-state index in [0.29, 0.717) is 23.2 Å². The standard InChI is InChI=1S/C10H12N4O2/c1-6-9(14-4-5-15)7(2-3-13-6)8(11)10(12)16/h2-3,5,11,14H,4H2,1H3,(H2,12,16). The number of nitrogens with two attached hydrogens (primary N) is 1. The highest BCUT2D eigenvalue weighted by Crippen LogP contribution is 2.18. The van der Waals surface area contributed by atoms with Gasteiger partial charge in [0, 0.05) is 11.8 Å². The van der Waals surface area contributed by atoms with Gasteiger partial charge in [-0.2, -0.15) is 0 Å². The summed E-state index contributed by atoms with van der Waals surface area (Å²) in [6, 6.07) is 1.51. The van der Waals surface area contributed by atoms with Crippen molar-refractivity contribution in [3.63, 3.8) is 0 Å². The maximum Gasteiger partial charge on any atom is 0.267 e. The van der Waals surface area contributed by atoms with Gasteiger partial charge in [0.05, 0.1) is 17.9 Å². The van der Waals surface area contributed by atoms with E-state index in [-0.39, 0.29) is 12.3 Å². The highest BCUT2D eigenvalue weighted by Gasteiger charge is 2.14. The van der Waals surface area contributed by atoms with Crippen LogP contribution >= 0.6 is 0 Å². The van der Waals surface area contributed by atoms with Crippen LogP contribution in [0.25, 0.3) is 0 Å². The third kappa shape index (κ3) is 2.41. The number of rotatable bonds is 5. The molecule has 1 aromatic rings. The lowest BCUT2D eigenvalue weighted by Crippen LogP contribution is -2.24. The number of nitrogens with one attached hydrogen (secondary N) is 2. The number of aldehydes is 1. The van der Waals surface area contributed by atoms with Crippen LogP contribution in [0.2, 0.25) is 0 Å². The van der Waals surface area contributed by atoms with Crippen LogP contribution in [0.1, 0.15) is 11.3 Å². The molecule has 6 heteroatoms. The van der Waals surface area contributed by atoms with Crippen LogP contribution in [-0.2, 0) is 9.59 Å². The number of carbonyl (C=O) groups is 2. The average Bonchev–Trinajstić information content (AvgIpc) is 2.26. The summed E-state index contributed by atoms with van der Waals surface area (Å²) in [6.07, 6.45) is 2.17. The topological polar surface area (TPSA) is 109 Å². The van der Waals surface area contributed by atoms with Gasteiger partial charge in [-0.15, -0.1) is 0 Å². The third-order valence-corrected chi connectivity index (χ3v) is 2.02. The molecule has 0 bridgehead atoms. The van der Waals surface area contributed by atoms with Gasteiger partial charge in [-0.1, -0.05) is 0 Å². The minimum atomic E-state index is -0.820. The number of aromatic nitrogens is 1. The predicted octanol–water partition coefficient (Wildman–Crippen LogP) is -0.146. The Kier molecular flexibility index (Phi) is 3.71. The van der Waals surface area contributed by atoms with E-state index in [9.17, 15) is 9.59 Å². The summed E-state index contributed by atoms with van der Waals surface area (Å²) < 4.78 is 0. The number of primary amides is 1. The third-order valence-electron chi connectivity index (χ3n) is 2.02. The molecule has 0 saturated heterocycles. The number of hydrogen-bond acceptors (Lipinski definition) is 5. The second-order valence-electron chi connectivity index (χ2n) is 3.11. The van der Waals surface area contributed by atoms with Crippen molar-refractivity contribution in [3.8, 4) is 0 Å². The first kappa shape index (κ1) is 11.8. The molecule has 0 aliphatic heterocycles. The Morgan fingerprint density at radius 2 is 2.38 bits per heavy atom. The van der Waals surface area contributed by atoms with Gasteiger partial charge in [-0.05, 0) is 13.0 Å². The highest BCUT2D eigenvalue weighted by molar-refractivity contribution is 6.44. The van der Waals surface area contributed by atoms with Gasteiger partial charge in [0.15, 0.2) is 0 Å². The lowest BCUT2D eigenvalue weighted by Gasteiger charge is -2.11. The number of anilines is 1. The van der Waals surface area contributed by atoms with Crippen molar-refractivity contribution in [1.82, 2.24) is 4.98 Å². The van der Waals surface area contributed by atoms with E-state index >= 15 is 0 Å². The highest BCUT2D eigenvalue weighted by atomic mass is 16.1. The Bertz CT molecular complexity index is 442. The molecule has 0 aliphatic rings. The minimum absolute atomic E-state index is 0.0889. The van der Waals surface area contributed by atoms with E-state index in [1.165, 1.54) is 12.3 Å². The predicted molar refractivity (Wildman–Crippen MR) is 59.6 cm³/mol. The van der Waals surface area contributed by atoms with Gasteiger partial charge < -0.3 is 15.8 Å². The second-order valence-corrected chi connectivity index (χ2v) is 3.11. The van der Waals surface area contributed by atoms with E-state index in [0.717, 1.165) is 0 Å². The maximum atomic E-state index is 10.9. The average molecular weight is 220 g/mol. The van der Waals surface area contributed by atoms with Crippen molar-refractivity contribution in [2.75, 3.05) is 11.9 Å². The number of amides is 1. The molecule has 4 N–H and O–H groups in total. The maximum absolute atomic E-state index is 10.9. The first-order valence-electron chi connectivity index (χ1n) is 4.59. The summed E-state index contributed by atoms with van der Waals surface area (Å²) in [5, 5.41) is 10.3. The second kappa shape index (κ2) is 5.01. The zero-order valence-corrected chi connectivity index (χ0v) is 8.78. The summed E-state index contributed by atoms with van der Waals surface area (Å²) in [5.74, 6) is -0.820. The molecule has 0 aliphatic carbocycles. The van der Waals surface area contributed by atoms with Crippen molar-refractivity contribution < 1.29 is 9.59 Å². The van der Waals surface area contributed by atoms with Crippen molar-refractivity contribution >= 4 is 23.6 Å². The normalized spacial score (nSPS) is 9.56. The Labute approximate surface area is 92.4 Å². The van der Waals surface area contributed by atoms with Crippen LogP contribution in [0.5, 0.6) is 0 Å². The van der Waals surface area contributed by atoms with E-state index < -0.39 is 5.91 Å². The number of nitrogens with zero attached hydrogens (tertiary/aromatic N) is 1.